The Labute approximate surface area is 145 Å². The fraction of sp³-hybridized carbons (Fsp3) is 0.500. The molecule has 0 N–H and O–H groups in total. The topological polar surface area (TPSA) is 75.8 Å². The third-order valence-corrected chi connectivity index (χ3v) is 4.64. The lowest BCUT2D eigenvalue weighted by Crippen LogP contribution is -2.37. The quantitative estimate of drug-likeness (QED) is 0.847. The van der Waals surface area contributed by atoms with Crippen LogP contribution in [0.4, 0.5) is 0 Å². The van der Waals surface area contributed by atoms with Gasteiger partial charge in [-0.3, -0.25) is 14.2 Å². The van der Waals surface area contributed by atoms with E-state index in [-0.39, 0.29) is 11.8 Å². The second kappa shape index (κ2) is 7.13. The van der Waals surface area contributed by atoms with E-state index < -0.39 is 5.76 Å². The summed E-state index contributed by atoms with van der Waals surface area (Å²) in [6.45, 7) is 4.40. The van der Waals surface area contributed by atoms with Crippen LogP contribution in [-0.2, 0) is 11.8 Å². The largest absolute Gasteiger partial charge is 0.419 e. The summed E-state index contributed by atoms with van der Waals surface area (Å²) in [5, 5.41) is 0. The Hall–Kier alpha value is -2.57. The first-order valence-electron chi connectivity index (χ1n) is 8.68. The number of aryl methyl sites for hydroxylation is 1. The number of aromatic nitrogens is 1. The van der Waals surface area contributed by atoms with Gasteiger partial charge in [-0.25, -0.2) is 4.79 Å². The van der Waals surface area contributed by atoms with Gasteiger partial charge in [-0.1, -0.05) is 6.92 Å². The van der Waals surface area contributed by atoms with Crippen molar-refractivity contribution >= 4 is 22.9 Å². The van der Waals surface area contributed by atoms with Gasteiger partial charge in [-0.05, 0) is 31.0 Å². The standard InChI is InChI=1S/C18H23N3O4/c1-3-5-16(22)20-8-4-9-21(11-10-20)17(23)13-6-7-15-14(12-13)19(2)18(24)25-15/h6-7,12H,3-5,8-11H2,1-2H3. The van der Waals surface area contributed by atoms with Crippen LogP contribution in [0.1, 0.15) is 36.5 Å². The molecule has 1 aromatic heterocycles. The van der Waals surface area contributed by atoms with Crippen molar-refractivity contribution in [1.82, 2.24) is 14.4 Å². The number of rotatable bonds is 3. The van der Waals surface area contributed by atoms with Gasteiger partial charge in [0.2, 0.25) is 5.91 Å². The Kier molecular flexibility index (Phi) is 4.92. The van der Waals surface area contributed by atoms with Crippen LogP contribution in [-0.4, -0.2) is 52.4 Å². The molecule has 0 saturated carbocycles. The molecule has 0 bridgehead atoms. The number of nitrogens with zero attached hydrogens (tertiary/aromatic N) is 3. The molecule has 2 amide bonds. The molecule has 0 atom stereocenters. The van der Waals surface area contributed by atoms with Crippen LogP contribution in [0.25, 0.3) is 11.1 Å². The van der Waals surface area contributed by atoms with Gasteiger partial charge in [-0.2, -0.15) is 0 Å². The second-order valence-corrected chi connectivity index (χ2v) is 6.39. The van der Waals surface area contributed by atoms with Crippen LogP contribution in [0.3, 0.4) is 0 Å². The Balaban J connectivity index is 1.76. The first-order chi connectivity index (χ1) is 12.0. The zero-order valence-corrected chi connectivity index (χ0v) is 14.7. The number of hydrogen-bond donors (Lipinski definition) is 0. The lowest BCUT2D eigenvalue weighted by Gasteiger charge is -2.22. The molecule has 2 heterocycles. The molecule has 1 saturated heterocycles. The van der Waals surface area contributed by atoms with E-state index in [1.165, 1.54) is 4.57 Å². The van der Waals surface area contributed by atoms with Gasteiger partial charge in [0.25, 0.3) is 5.91 Å². The average Bonchev–Trinajstić information content (AvgIpc) is 2.80. The van der Waals surface area contributed by atoms with Gasteiger partial charge in [-0.15, -0.1) is 0 Å². The molecular formula is C18H23N3O4. The summed E-state index contributed by atoms with van der Waals surface area (Å²) in [6, 6.07) is 5.02. The highest BCUT2D eigenvalue weighted by atomic mass is 16.4. The molecule has 0 aliphatic carbocycles. The molecule has 1 aliphatic heterocycles. The third-order valence-electron chi connectivity index (χ3n) is 4.64. The van der Waals surface area contributed by atoms with Crippen molar-refractivity contribution in [3.05, 3.63) is 34.3 Å². The van der Waals surface area contributed by atoms with Crippen molar-refractivity contribution in [2.75, 3.05) is 26.2 Å². The van der Waals surface area contributed by atoms with Crippen LogP contribution < -0.4 is 5.76 Å². The maximum absolute atomic E-state index is 12.8. The van der Waals surface area contributed by atoms with Crippen LogP contribution in [0.2, 0.25) is 0 Å². The monoisotopic (exact) mass is 345 g/mol. The molecule has 3 rings (SSSR count). The molecule has 2 aromatic rings. The lowest BCUT2D eigenvalue weighted by atomic mass is 10.1. The summed E-state index contributed by atoms with van der Waals surface area (Å²) in [6.07, 6.45) is 2.16. The number of carbonyl (C=O) groups excluding carboxylic acids is 2. The zero-order valence-electron chi connectivity index (χ0n) is 14.7. The molecule has 134 valence electrons. The second-order valence-electron chi connectivity index (χ2n) is 6.39. The van der Waals surface area contributed by atoms with Crippen LogP contribution in [0, 0.1) is 0 Å². The maximum Gasteiger partial charge on any atom is 0.419 e. The predicted molar refractivity (Wildman–Crippen MR) is 93.5 cm³/mol. The summed E-state index contributed by atoms with van der Waals surface area (Å²) >= 11 is 0. The van der Waals surface area contributed by atoms with Crippen molar-refractivity contribution in [2.24, 2.45) is 7.05 Å². The molecule has 7 heteroatoms. The van der Waals surface area contributed by atoms with E-state index in [0.717, 1.165) is 12.8 Å². The fourth-order valence-electron chi connectivity index (χ4n) is 3.18. The smallest absolute Gasteiger partial charge is 0.408 e. The van der Waals surface area contributed by atoms with Crippen LogP contribution in [0.5, 0.6) is 0 Å². The van der Waals surface area contributed by atoms with E-state index in [1.807, 2.05) is 11.8 Å². The van der Waals surface area contributed by atoms with E-state index >= 15 is 0 Å². The van der Waals surface area contributed by atoms with Crippen LogP contribution in [0.15, 0.2) is 27.4 Å². The van der Waals surface area contributed by atoms with E-state index in [4.69, 9.17) is 4.42 Å². The molecule has 7 nitrogen and oxygen atoms in total. The van der Waals surface area contributed by atoms with Gasteiger partial charge in [0.1, 0.15) is 0 Å². The van der Waals surface area contributed by atoms with Gasteiger partial charge < -0.3 is 14.2 Å². The van der Waals surface area contributed by atoms with Gasteiger partial charge in [0.15, 0.2) is 5.58 Å². The first-order valence-corrected chi connectivity index (χ1v) is 8.68. The molecule has 25 heavy (non-hydrogen) atoms. The molecule has 0 unspecified atom stereocenters. The Morgan fingerprint density at radius 3 is 2.60 bits per heavy atom. The lowest BCUT2D eigenvalue weighted by molar-refractivity contribution is -0.131. The minimum absolute atomic E-state index is 0.0830. The Morgan fingerprint density at radius 1 is 1.12 bits per heavy atom. The van der Waals surface area contributed by atoms with Crippen molar-refractivity contribution in [3.63, 3.8) is 0 Å². The molecule has 1 fully saturated rings. The minimum Gasteiger partial charge on any atom is -0.408 e. The van der Waals surface area contributed by atoms with Crippen LogP contribution >= 0.6 is 0 Å². The number of amides is 2. The normalized spacial score (nSPS) is 15.4. The van der Waals surface area contributed by atoms with Gasteiger partial charge >= 0.3 is 5.76 Å². The molecule has 0 radical (unpaired) electrons. The number of hydrogen-bond acceptors (Lipinski definition) is 4. The molecular weight excluding hydrogens is 322 g/mol. The Bertz CT molecular complexity index is 852. The first kappa shape index (κ1) is 17.3. The predicted octanol–water partition coefficient (Wildman–Crippen LogP) is 1.61. The van der Waals surface area contributed by atoms with E-state index in [9.17, 15) is 14.4 Å². The maximum atomic E-state index is 12.8. The molecule has 1 aliphatic rings. The SMILES string of the molecule is CCCC(=O)N1CCCN(C(=O)c2ccc3oc(=O)n(C)c3c2)CC1. The summed E-state index contributed by atoms with van der Waals surface area (Å²) in [4.78, 5) is 40.1. The van der Waals surface area contributed by atoms with E-state index in [1.54, 1.807) is 30.1 Å². The van der Waals surface area contributed by atoms with E-state index in [0.29, 0.717) is 49.3 Å². The number of oxazole rings is 1. The average molecular weight is 345 g/mol. The number of fused-ring (bicyclic) bond motifs is 1. The number of benzene rings is 1. The summed E-state index contributed by atoms with van der Waals surface area (Å²) in [7, 11) is 1.62. The Morgan fingerprint density at radius 2 is 1.84 bits per heavy atom. The highest BCUT2D eigenvalue weighted by molar-refractivity contribution is 5.97. The highest BCUT2D eigenvalue weighted by Crippen LogP contribution is 2.17. The molecule has 0 spiro atoms. The minimum atomic E-state index is -0.445. The van der Waals surface area contributed by atoms with Crippen molar-refractivity contribution in [3.8, 4) is 0 Å². The zero-order chi connectivity index (χ0) is 18.0. The van der Waals surface area contributed by atoms with Crippen molar-refractivity contribution in [2.45, 2.75) is 26.2 Å². The third kappa shape index (κ3) is 3.45. The summed E-state index contributed by atoms with van der Waals surface area (Å²) in [5.41, 5.74) is 1.60. The fourth-order valence-corrected chi connectivity index (χ4v) is 3.18. The highest BCUT2D eigenvalue weighted by Gasteiger charge is 2.23. The summed E-state index contributed by atoms with van der Waals surface area (Å²) < 4.78 is 6.49. The van der Waals surface area contributed by atoms with Crippen molar-refractivity contribution in [1.29, 1.82) is 0 Å². The van der Waals surface area contributed by atoms with Gasteiger partial charge in [0.05, 0.1) is 5.52 Å². The molecule has 1 aromatic carbocycles. The van der Waals surface area contributed by atoms with E-state index in [2.05, 4.69) is 0 Å². The van der Waals surface area contributed by atoms with Crippen molar-refractivity contribution < 1.29 is 14.0 Å². The summed E-state index contributed by atoms with van der Waals surface area (Å²) in [5.74, 6) is -0.369. The van der Waals surface area contributed by atoms with Gasteiger partial charge in [0, 0.05) is 45.2 Å². The number of carbonyl (C=O) groups is 2.